The first-order valence-corrected chi connectivity index (χ1v) is 4.70. The van der Waals surface area contributed by atoms with E-state index >= 15 is 0 Å². The molecule has 1 aliphatic heterocycles. The van der Waals surface area contributed by atoms with Gasteiger partial charge in [-0.15, -0.1) is 0 Å². The maximum atomic E-state index is 13.0. The third-order valence-electron chi connectivity index (χ3n) is 2.67. The van der Waals surface area contributed by atoms with Crippen molar-refractivity contribution in [3.8, 4) is 0 Å². The van der Waals surface area contributed by atoms with Gasteiger partial charge in [-0.25, -0.2) is 9.40 Å². The van der Waals surface area contributed by atoms with E-state index in [1.807, 2.05) is 0 Å². The van der Waals surface area contributed by atoms with E-state index in [2.05, 4.69) is 26.2 Å². The van der Waals surface area contributed by atoms with Crippen molar-refractivity contribution in [2.75, 3.05) is 19.7 Å². The average molecular weight is 190 g/mol. The van der Waals surface area contributed by atoms with Crippen LogP contribution >= 0.6 is 0 Å². The van der Waals surface area contributed by atoms with Crippen LogP contribution in [0, 0.1) is 11.3 Å². The highest BCUT2D eigenvalue weighted by Crippen LogP contribution is 2.29. The summed E-state index contributed by atoms with van der Waals surface area (Å²) in [6, 6.07) is 0. The summed E-state index contributed by atoms with van der Waals surface area (Å²) in [5.74, 6) is 0.442. The molecule has 1 heterocycles. The van der Waals surface area contributed by atoms with Crippen molar-refractivity contribution in [3.63, 3.8) is 0 Å². The van der Waals surface area contributed by atoms with Crippen LogP contribution in [0.2, 0.25) is 0 Å². The Morgan fingerprint density at radius 3 is 2.62 bits per heavy atom. The maximum absolute atomic E-state index is 13.0. The molecule has 4 heteroatoms. The fraction of sp³-hybridized carbons (Fsp3) is 1.00. The van der Waals surface area contributed by atoms with Crippen molar-refractivity contribution in [2.24, 2.45) is 11.3 Å². The lowest BCUT2D eigenvalue weighted by Gasteiger charge is -2.26. The largest absolute Gasteiger partial charge is 0.392 e. The zero-order valence-corrected chi connectivity index (χ0v) is 8.55. The number of rotatable bonds is 2. The Balaban J connectivity index is 2.45. The molecule has 78 valence electrons. The van der Waals surface area contributed by atoms with E-state index in [0.717, 1.165) is 6.54 Å². The van der Waals surface area contributed by atoms with Gasteiger partial charge < -0.3 is 5.11 Å². The lowest BCUT2D eigenvalue weighted by molar-refractivity contribution is 0.0125. The summed E-state index contributed by atoms with van der Waals surface area (Å²) in [5.41, 5.74) is 3.15. The van der Waals surface area contributed by atoms with Crippen LogP contribution in [0.3, 0.4) is 0 Å². The van der Waals surface area contributed by atoms with Gasteiger partial charge in [0.15, 0.2) is 6.30 Å². The predicted molar refractivity (Wildman–Crippen MR) is 49.6 cm³/mol. The van der Waals surface area contributed by atoms with Crippen LogP contribution in [-0.2, 0) is 0 Å². The molecule has 2 N–H and O–H groups in total. The number of nitrogens with zero attached hydrogens (tertiary/aromatic N) is 1. The zero-order chi connectivity index (χ0) is 10.1. The molecule has 0 aliphatic carbocycles. The number of aliphatic hydroxyl groups is 1. The second kappa shape index (κ2) is 3.90. The van der Waals surface area contributed by atoms with E-state index in [4.69, 9.17) is 5.11 Å². The third-order valence-corrected chi connectivity index (χ3v) is 2.67. The summed E-state index contributed by atoms with van der Waals surface area (Å²) in [5, 5.41) is 10.1. The molecule has 1 aliphatic rings. The first-order chi connectivity index (χ1) is 5.95. The summed E-state index contributed by atoms with van der Waals surface area (Å²) >= 11 is 0. The Hall–Kier alpha value is -0.190. The molecule has 1 saturated heterocycles. The maximum Gasteiger partial charge on any atom is 0.189 e. The normalized spacial score (nSPS) is 27.9. The van der Waals surface area contributed by atoms with Crippen molar-refractivity contribution in [3.05, 3.63) is 0 Å². The molecular weight excluding hydrogens is 171 g/mol. The Labute approximate surface area is 78.9 Å². The summed E-state index contributed by atoms with van der Waals surface area (Å²) in [7, 11) is 0. The van der Waals surface area contributed by atoms with Gasteiger partial charge in [-0.3, -0.25) is 5.43 Å². The van der Waals surface area contributed by atoms with E-state index < -0.39 is 12.9 Å². The molecule has 3 nitrogen and oxygen atoms in total. The molecule has 13 heavy (non-hydrogen) atoms. The van der Waals surface area contributed by atoms with Crippen LogP contribution in [0.1, 0.15) is 20.8 Å². The van der Waals surface area contributed by atoms with Crippen LogP contribution in [-0.4, -0.2) is 36.1 Å². The Bertz CT molecular complexity index is 169. The molecular formula is C9H19FN2O. The van der Waals surface area contributed by atoms with Gasteiger partial charge in [0.05, 0.1) is 6.61 Å². The molecule has 1 fully saturated rings. The monoisotopic (exact) mass is 190 g/mol. The van der Waals surface area contributed by atoms with Crippen LogP contribution in [0.5, 0.6) is 0 Å². The molecule has 0 radical (unpaired) electrons. The molecule has 2 unspecified atom stereocenters. The molecule has 0 bridgehead atoms. The number of alkyl halides is 1. The van der Waals surface area contributed by atoms with Crippen molar-refractivity contribution >= 4 is 0 Å². The summed E-state index contributed by atoms with van der Waals surface area (Å²) in [6.07, 6.45) is -1.27. The van der Waals surface area contributed by atoms with E-state index in [-0.39, 0.29) is 5.41 Å². The number of aliphatic hydroxyl groups excluding tert-OH is 1. The number of hydrazine groups is 1. The second-order valence-corrected chi connectivity index (χ2v) is 4.69. The van der Waals surface area contributed by atoms with E-state index in [0.29, 0.717) is 12.5 Å². The predicted octanol–water partition coefficient (Wildman–Crippen LogP) is 0.757. The Morgan fingerprint density at radius 1 is 1.62 bits per heavy atom. The van der Waals surface area contributed by atoms with Crippen molar-refractivity contribution in [2.45, 2.75) is 27.1 Å². The highest BCUT2D eigenvalue weighted by atomic mass is 19.1. The summed E-state index contributed by atoms with van der Waals surface area (Å²) in [6.45, 7) is 7.47. The topological polar surface area (TPSA) is 35.5 Å². The average Bonchev–Trinajstić information content (AvgIpc) is 2.50. The Morgan fingerprint density at radius 2 is 2.23 bits per heavy atom. The van der Waals surface area contributed by atoms with Crippen LogP contribution in [0.4, 0.5) is 4.39 Å². The van der Waals surface area contributed by atoms with Gasteiger partial charge in [-0.2, -0.15) is 0 Å². The van der Waals surface area contributed by atoms with E-state index in [1.165, 1.54) is 5.01 Å². The van der Waals surface area contributed by atoms with Gasteiger partial charge in [0.25, 0.3) is 0 Å². The van der Waals surface area contributed by atoms with Gasteiger partial charge in [-0.05, 0) is 11.3 Å². The minimum atomic E-state index is -1.27. The Kier molecular flexibility index (Phi) is 3.27. The number of halogens is 1. The van der Waals surface area contributed by atoms with E-state index in [9.17, 15) is 4.39 Å². The quantitative estimate of drug-likeness (QED) is 0.631. The number of hydrogen-bond donors (Lipinski definition) is 2. The third kappa shape index (κ3) is 2.62. The summed E-state index contributed by atoms with van der Waals surface area (Å²) in [4.78, 5) is 0. The van der Waals surface area contributed by atoms with E-state index in [1.54, 1.807) is 0 Å². The zero-order valence-electron chi connectivity index (χ0n) is 8.55. The molecule has 0 aromatic heterocycles. The fourth-order valence-corrected chi connectivity index (χ4v) is 1.49. The second-order valence-electron chi connectivity index (χ2n) is 4.69. The lowest BCUT2D eigenvalue weighted by Crippen LogP contribution is -2.40. The highest BCUT2D eigenvalue weighted by molar-refractivity contribution is 4.83. The smallest absolute Gasteiger partial charge is 0.189 e. The minimum absolute atomic E-state index is 0.191. The molecule has 0 aromatic carbocycles. The first kappa shape index (κ1) is 10.9. The van der Waals surface area contributed by atoms with Crippen molar-refractivity contribution in [1.29, 1.82) is 0 Å². The molecule has 0 spiro atoms. The van der Waals surface area contributed by atoms with Crippen LogP contribution in [0.15, 0.2) is 0 Å². The summed E-state index contributed by atoms with van der Waals surface area (Å²) < 4.78 is 13.0. The highest BCUT2D eigenvalue weighted by Gasteiger charge is 2.34. The van der Waals surface area contributed by atoms with Crippen LogP contribution in [0.25, 0.3) is 0 Å². The molecule has 1 rings (SSSR count). The lowest BCUT2D eigenvalue weighted by atomic mass is 9.81. The fourth-order valence-electron chi connectivity index (χ4n) is 1.49. The molecule has 0 amide bonds. The van der Waals surface area contributed by atoms with Gasteiger partial charge in [0.1, 0.15) is 0 Å². The minimum Gasteiger partial charge on any atom is -0.392 e. The van der Waals surface area contributed by atoms with Crippen molar-refractivity contribution in [1.82, 2.24) is 10.4 Å². The van der Waals surface area contributed by atoms with Gasteiger partial charge in [0.2, 0.25) is 0 Å². The van der Waals surface area contributed by atoms with Crippen molar-refractivity contribution < 1.29 is 9.50 Å². The number of hydrogen-bond acceptors (Lipinski definition) is 3. The van der Waals surface area contributed by atoms with Gasteiger partial charge in [0, 0.05) is 13.1 Å². The first-order valence-electron chi connectivity index (χ1n) is 4.70. The molecule has 0 aromatic rings. The van der Waals surface area contributed by atoms with Crippen LogP contribution < -0.4 is 5.43 Å². The molecule has 2 atom stereocenters. The SMILES string of the molecule is CC(C)(C)C1CNN(C(F)CO)C1. The molecule has 0 saturated carbocycles. The number of nitrogens with one attached hydrogen (secondary N) is 1. The standard InChI is InChI=1S/C9H19FN2O/c1-9(2,3)7-4-11-12(5-7)8(10)6-13/h7-8,11,13H,4-6H2,1-3H3. The van der Waals surface area contributed by atoms with Gasteiger partial charge in [-0.1, -0.05) is 20.8 Å². The van der Waals surface area contributed by atoms with Gasteiger partial charge >= 0.3 is 0 Å².